The Morgan fingerprint density at radius 2 is 2.14 bits per heavy atom. The van der Waals surface area contributed by atoms with Gasteiger partial charge in [-0.15, -0.1) is 0 Å². The Balaban J connectivity index is 2.51. The van der Waals surface area contributed by atoms with Crippen LogP contribution in [0.1, 0.15) is 33.6 Å². The third-order valence-corrected chi connectivity index (χ3v) is 4.03. The van der Waals surface area contributed by atoms with E-state index in [9.17, 15) is 19.5 Å². The highest BCUT2D eigenvalue weighted by molar-refractivity contribution is 6.09. The van der Waals surface area contributed by atoms with Crippen LogP contribution in [0.25, 0.3) is 0 Å². The van der Waals surface area contributed by atoms with Gasteiger partial charge in [0.25, 0.3) is 0 Å². The van der Waals surface area contributed by atoms with Crippen LogP contribution >= 0.6 is 0 Å². The van der Waals surface area contributed by atoms with E-state index in [4.69, 9.17) is 4.74 Å². The van der Waals surface area contributed by atoms with Crippen molar-refractivity contribution >= 4 is 17.8 Å². The van der Waals surface area contributed by atoms with Crippen molar-refractivity contribution < 1.29 is 24.2 Å². The van der Waals surface area contributed by atoms with Crippen LogP contribution in [0.3, 0.4) is 0 Å². The van der Waals surface area contributed by atoms with Gasteiger partial charge in [-0.25, -0.2) is 4.79 Å². The highest BCUT2D eigenvalue weighted by atomic mass is 16.6. The van der Waals surface area contributed by atoms with E-state index < -0.39 is 18.0 Å². The number of carbonyl (C=O) groups is 3. The number of amides is 1. The zero-order chi connectivity index (χ0) is 16.4. The van der Waals surface area contributed by atoms with Gasteiger partial charge in [-0.1, -0.05) is 13.0 Å². The van der Waals surface area contributed by atoms with E-state index in [-0.39, 0.29) is 31.3 Å². The fourth-order valence-corrected chi connectivity index (χ4v) is 3.15. The summed E-state index contributed by atoms with van der Waals surface area (Å²) in [4.78, 5) is 37.6. The maximum absolute atomic E-state index is 12.6. The van der Waals surface area contributed by atoms with Gasteiger partial charge in [-0.05, 0) is 38.2 Å². The molecule has 120 valence electrons. The van der Waals surface area contributed by atoms with Crippen LogP contribution < -0.4 is 0 Å². The van der Waals surface area contributed by atoms with E-state index in [0.717, 1.165) is 5.57 Å². The lowest BCUT2D eigenvalue weighted by molar-refractivity contribution is -0.145. The molecular formula is C16H21NO5. The number of aliphatic carboxylic acids is 1. The minimum Gasteiger partial charge on any atom is -0.481 e. The number of rotatable bonds is 2. The quantitative estimate of drug-likeness (QED) is 0.792. The fraction of sp³-hybridized carbons (Fsp3) is 0.562. The maximum Gasteiger partial charge on any atom is 0.414 e. The first-order valence-electron chi connectivity index (χ1n) is 7.50. The maximum atomic E-state index is 12.6. The molecule has 1 aliphatic carbocycles. The predicted octanol–water partition coefficient (Wildman–Crippen LogP) is 2.36. The number of carboxylic acids is 1. The molecule has 1 aliphatic heterocycles. The Labute approximate surface area is 129 Å². The zero-order valence-corrected chi connectivity index (χ0v) is 13.1. The van der Waals surface area contributed by atoms with Crippen molar-refractivity contribution in [2.24, 2.45) is 11.8 Å². The van der Waals surface area contributed by atoms with Gasteiger partial charge < -0.3 is 9.84 Å². The van der Waals surface area contributed by atoms with E-state index in [0.29, 0.717) is 17.7 Å². The summed E-state index contributed by atoms with van der Waals surface area (Å²) in [6.45, 7) is 5.91. The van der Waals surface area contributed by atoms with Crippen LogP contribution in [-0.2, 0) is 14.3 Å². The summed E-state index contributed by atoms with van der Waals surface area (Å²) in [7, 11) is 0. The Morgan fingerprint density at radius 1 is 1.45 bits per heavy atom. The van der Waals surface area contributed by atoms with E-state index in [1.54, 1.807) is 6.92 Å². The highest BCUT2D eigenvalue weighted by Crippen LogP contribution is 2.36. The molecule has 1 heterocycles. The topological polar surface area (TPSA) is 83.9 Å². The molecule has 0 radical (unpaired) electrons. The van der Waals surface area contributed by atoms with Crippen molar-refractivity contribution in [3.05, 3.63) is 22.9 Å². The third-order valence-electron chi connectivity index (χ3n) is 4.03. The van der Waals surface area contributed by atoms with Gasteiger partial charge in [0.05, 0.1) is 12.3 Å². The molecule has 1 amide bonds. The smallest absolute Gasteiger partial charge is 0.414 e. The molecule has 2 atom stereocenters. The first kappa shape index (κ1) is 16.3. The minimum absolute atomic E-state index is 0.0989. The number of allylic oxidation sites excluding steroid dienone is 3. The molecule has 1 N–H and O–H groups in total. The fourth-order valence-electron chi connectivity index (χ4n) is 3.15. The van der Waals surface area contributed by atoms with Crippen molar-refractivity contribution in [2.75, 3.05) is 13.2 Å². The summed E-state index contributed by atoms with van der Waals surface area (Å²) in [6.07, 6.45) is 2.02. The molecule has 0 aromatic rings. The summed E-state index contributed by atoms with van der Waals surface area (Å²) in [5.41, 5.74) is 1.79. The van der Waals surface area contributed by atoms with Crippen molar-refractivity contribution in [2.45, 2.75) is 33.6 Å². The Kier molecular flexibility index (Phi) is 4.68. The summed E-state index contributed by atoms with van der Waals surface area (Å²) in [5.74, 6) is -2.47. The molecule has 0 fully saturated rings. The normalized spacial score (nSPS) is 25.3. The Hall–Kier alpha value is -2.11. The molecule has 0 spiro atoms. The second kappa shape index (κ2) is 6.34. The van der Waals surface area contributed by atoms with Crippen LogP contribution in [0.2, 0.25) is 0 Å². The predicted molar refractivity (Wildman–Crippen MR) is 79.0 cm³/mol. The average molecular weight is 307 g/mol. The molecule has 0 aromatic heterocycles. The number of hydrogen-bond acceptors (Lipinski definition) is 4. The standard InChI is InChI=1S/C16H21NO5/c1-4-22-16(21)17-6-5-11(15(19)20)14(18)12-8-9(2)7-10(3)13(12)17/h7,9,11H,4-6,8H2,1-3H3,(H,19,20). The van der Waals surface area contributed by atoms with E-state index in [2.05, 4.69) is 0 Å². The van der Waals surface area contributed by atoms with E-state index in [1.807, 2.05) is 19.9 Å². The number of ether oxygens (including phenoxy) is 1. The number of ketones is 1. The molecule has 0 saturated heterocycles. The molecule has 0 saturated carbocycles. The molecule has 22 heavy (non-hydrogen) atoms. The SMILES string of the molecule is CCOC(=O)N1CCC(C(=O)O)C(=O)C2=C1C(C)=CC(C)C2. The minimum atomic E-state index is -1.14. The molecule has 2 aliphatic rings. The second-order valence-electron chi connectivity index (χ2n) is 5.75. The van der Waals surface area contributed by atoms with Crippen LogP contribution in [-0.4, -0.2) is 41.0 Å². The molecule has 6 heteroatoms. The van der Waals surface area contributed by atoms with Crippen molar-refractivity contribution in [3.63, 3.8) is 0 Å². The number of Topliss-reactive ketones (excluding diaryl/α,β-unsaturated/α-hetero) is 1. The van der Waals surface area contributed by atoms with Crippen molar-refractivity contribution in [1.82, 2.24) is 4.90 Å². The van der Waals surface area contributed by atoms with Gasteiger partial charge in [0.2, 0.25) is 0 Å². The van der Waals surface area contributed by atoms with Crippen molar-refractivity contribution in [3.8, 4) is 0 Å². The summed E-state index contributed by atoms with van der Waals surface area (Å²) in [5, 5.41) is 9.29. The largest absolute Gasteiger partial charge is 0.481 e. The first-order chi connectivity index (χ1) is 10.4. The monoisotopic (exact) mass is 307 g/mol. The number of nitrogens with zero attached hydrogens (tertiary/aromatic N) is 1. The Morgan fingerprint density at radius 3 is 2.73 bits per heavy atom. The van der Waals surface area contributed by atoms with Gasteiger partial charge in [0, 0.05) is 12.1 Å². The van der Waals surface area contributed by atoms with Gasteiger partial charge in [0.1, 0.15) is 5.92 Å². The van der Waals surface area contributed by atoms with E-state index >= 15 is 0 Å². The second-order valence-corrected chi connectivity index (χ2v) is 5.75. The van der Waals surface area contributed by atoms with Crippen molar-refractivity contribution in [1.29, 1.82) is 0 Å². The molecule has 6 nitrogen and oxygen atoms in total. The summed E-state index contributed by atoms with van der Waals surface area (Å²) >= 11 is 0. The summed E-state index contributed by atoms with van der Waals surface area (Å²) < 4.78 is 5.06. The number of carboxylic acid groups (broad SMARTS) is 1. The van der Waals surface area contributed by atoms with Gasteiger partial charge in [0.15, 0.2) is 5.78 Å². The van der Waals surface area contributed by atoms with Crippen LogP contribution in [0.4, 0.5) is 4.79 Å². The van der Waals surface area contributed by atoms with E-state index in [1.165, 1.54) is 4.90 Å². The van der Waals surface area contributed by atoms with Crippen LogP contribution in [0, 0.1) is 11.8 Å². The number of hydrogen-bond donors (Lipinski definition) is 1. The molecule has 0 bridgehead atoms. The highest BCUT2D eigenvalue weighted by Gasteiger charge is 2.39. The van der Waals surface area contributed by atoms with Gasteiger partial charge in [-0.2, -0.15) is 0 Å². The first-order valence-corrected chi connectivity index (χ1v) is 7.50. The lowest BCUT2D eigenvalue weighted by Gasteiger charge is -2.29. The molecule has 0 aromatic carbocycles. The van der Waals surface area contributed by atoms with Gasteiger partial charge in [-0.3, -0.25) is 14.5 Å². The molecular weight excluding hydrogens is 286 g/mol. The van der Waals surface area contributed by atoms with Gasteiger partial charge >= 0.3 is 12.1 Å². The lowest BCUT2D eigenvalue weighted by Crippen LogP contribution is -2.33. The molecule has 2 unspecified atom stereocenters. The summed E-state index contributed by atoms with van der Waals surface area (Å²) in [6, 6.07) is 0. The molecule has 2 rings (SSSR count). The Bertz CT molecular complexity index is 575. The van der Waals surface area contributed by atoms with Crippen LogP contribution in [0.5, 0.6) is 0 Å². The zero-order valence-electron chi connectivity index (χ0n) is 13.1. The number of carbonyl (C=O) groups excluding carboxylic acids is 2. The average Bonchev–Trinajstić information content (AvgIpc) is 2.57. The lowest BCUT2D eigenvalue weighted by atomic mass is 9.84. The third kappa shape index (κ3) is 2.91. The van der Waals surface area contributed by atoms with Crippen LogP contribution in [0.15, 0.2) is 22.9 Å².